The number of carbonyl (C=O) groups is 1. The normalized spacial score (nSPS) is 10.1. The minimum absolute atomic E-state index is 0.100. The summed E-state index contributed by atoms with van der Waals surface area (Å²) in [6.07, 6.45) is 0.771. The molecule has 0 aliphatic heterocycles. The summed E-state index contributed by atoms with van der Waals surface area (Å²) in [4.78, 5) is 12.1. The Morgan fingerprint density at radius 2 is 1.82 bits per heavy atom. The fourth-order valence-corrected chi connectivity index (χ4v) is 2.56. The van der Waals surface area contributed by atoms with Crippen LogP contribution in [0.2, 0.25) is 0 Å². The van der Waals surface area contributed by atoms with E-state index in [9.17, 15) is 4.79 Å². The average Bonchev–Trinajstić information content (AvgIpc) is 2.55. The van der Waals surface area contributed by atoms with Crippen molar-refractivity contribution in [2.75, 3.05) is 20.8 Å². The van der Waals surface area contributed by atoms with Crippen LogP contribution in [0, 0.1) is 0 Å². The number of benzene rings is 2. The van der Waals surface area contributed by atoms with Crippen LogP contribution < -0.4 is 14.8 Å². The molecule has 0 bridgehead atoms. The van der Waals surface area contributed by atoms with Gasteiger partial charge in [-0.05, 0) is 58.2 Å². The van der Waals surface area contributed by atoms with E-state index in [-0.39, 0.29) is 5.91 Å². The minimum Gasteiger partial charge on any atom is -0.497 e. The van der Waals surface area contributed by atoms with Crippen LogP contribution in [0.5, 0.6) is 11.5 Å². The summed E-state index contributed by atoms with van der Waals surface area (Å²) in [6.45, 7) is 0.578. The average molecular weight is 364 g/mol. The van der Waals surface area contributed by atoms with Crippen LogP contribution >= 0.6 is 15.9 Å². The predicted molar refractivity (Wildman–Crippen MR) is 89.7 cm³/mol. The van der Waals surface area contributed by atoms with Gasteiger partial charge in [-0.2, -0.15) is 0 Å². The van der Waals surface area contributed by atoms with Gasteiger partial charge in [0.25, 0.3) is 5.91 Å². The zero-order valence-electron chi connectivity index (χ0n) is 12.6. The largest absolute Gasteiger partial charge is 0.497 e. The highest BCUT2D eigenvalue weighted by Gasteiger charge is 2.08. The van der Waals surface area contributed by atoms with Crippen molar-refractivity contribution < 1.29 is 14.3 Å². The number of hydrogen-bond acceptors (Lipinski definition) is 3. The highest BCUT2D eigenvalue weighted by Crippen LogP contribution is 2.25. The Morgan fingerprint density at radius 3 is 2.41 bits per heavy atom. The van der Waals surface area contributed by atoms with E-state index in [0.29, 0.717) is 17.9 Å². The molecule has 2 aromatic rings. The number of methoxy groups -OCH3 is 2. The Labute approximate surface area is 138 Å². The van der Waals surface area contributed by atoms with Crippen LogP contribution in [-0.2, 0) is 6.42 Å². The molecule has 0 saturated heterocycles. The number of carbonyl (C=O) groups excluding carboxylic acids is 1. The molecule has 1 amide bonds. The molecule has 2 rings (SSSR count). The first-order valence-corrected chi connectivity index (χ1v) is 7.68. The van der Waals surface area contributed by atoms with Gasteiger partial charge in [0.1, 0.15) is 11.5 Å². The van der Waals surface area contributed by atoms with Crippen LogP contribution in [0.1, 0.15) is 15.9 Å². The van der Waals surface area contributed by atoms with Gasteiger partial charge >= 0.3 is 0 Å². The lowest BCUT2D eigenvalue weighted by molar-refractivity contribution is 0.0954. The van der Waals surface area contributed by atoms with Crippen molar-refractivity contribution in [3.63, 3.8) is 0 Å². The first kappa shape index (κ1) is 16.4. The molecule has 5 heteroatoms. The summed E-state index contributed by atoms with van der Waals surface area (Å²) in [7, 11) is 3.23. The number of halogens is 1. The predicted octanol–water partition coefficient (Wildman–Crippen LogP) is 3.44. The molecule has 22 heavy (non-hydrogen) atoms. The van der Waals surface area contributed by atoms with Gasteiger partial charge in [-0.1, -0.05) is 12.1 Å². The Hall–Kier alpha value is -2.01. The lowest BCUT2D eigenvalue weighted by Gasteiger charge is -2.08. The SMILES string of the molecule is COc1ccc(CCNC(=O)c2ccc(OC)c(Br)c2)cc1. The molecule has 0 spiro atoms. The van der Waals surface area contributed by atoms with Crippen molar-refractivity contribution in [2.24, 2.45) is 0 Å². The van der Waals surface area contributed by atoms with Gasteiger partial charge in [0.15, 0.2) is 0 Å². The molecular weight excluding hydrogens is 346 g/mol. The molecular formula is C17H18BrNO3. The summed E-state index contributed by atoms with van der Waals surface area (Å²) >= 11 is 3.38. The van der Waals surface area contributed by atoms with Gasteiger partial charge in [-0.25, -0.2) is 0 Å². The van der Waals surface area contributed by atoms with Crippen molar-refractivity contribution in [2.45, 2.75) is 6.42 Å². The summed E-state index contributed by atoms with van der Waals surface area (Å²) in [6, 6.07) is 13.1. The minimum atomic E-state index is -0.100. The van der Waals surface area contributed by atoms with E-state index in [0.717, 1.165) is 22.2 Å². The highest BCUT2D eigenvalue weighted by atomic mass is 79.9. The van der Waals surface area contributed by atoms with E-state index in [1.54, 1.807) is 32.4 Å². The van der Waals surface area contributed by atoms with Gasteiger partial charge in [0.2, 0.25) is 0 Å². The van der Waals surface area contributed by atoms with E-state index in [1.165, 1.54) is 0 Å². The lowest BCUT2D eigenvalue weighted by Crippen LogP contribution is -2.25. The zero-order valence-corrected chi connectivity index (χ0v) is 14.1. The molecule has 0 fully saturated rings. The molecule has 4 nitrogen and oxygen atoms in total. The van der Waals surface area contributed by atoms with E-state index in [2.05, 4.69) is 21.2 Å². The zero-order chi connectivity index (χ0) is 15.9. The second-order valence-corrected chi connectivity index (χ2v) is 5.56. The Balaban J connectivity index is 1.88. The molecule has 0 unspecified atom stereocenters. The molecule has 0 aliphatic carbocycles. The van der Waals surface area contributed by atoms with Crippen molar-refractivity contribution in [3.05, 3.63) is 58.1 Å². The molecule has 1 N–H and O–H groups in total. The monoisotopic (exact) mass is 363 g/mol. The fourth-order valence-electron chi connectivity index (χ4n) is 2.02. The second kappa shape index (κ2) is 7.84. The molecule has 0 radical (unpaired) electrons. The van der Waals surface area contributed by atoms with E-state index in [1.807, 2.05) is 24.3 Å². The smallest absolute Gasteiger partial charge is 0.251 e. The highest BCUT2D eigenvalue weighted by molar-refractivity contribution is 9.10. The summed E-state index contributed by atoms with van der Waals surface area (Å²) in [5, 5.41) is 2.91. The third-order valence-corrected chi connectivity index (χ3v) is 3.89. The number of hydrogen-bond donors (Lipinski definition) is 1. The fraction of sp³-hybridized carbons (Fsp3) is 0.235. The van der Waals surface area contributed by atoms with Crippen molar-refractivity contribution in [1.29, 1.82) is 0 Å². The Bertz CT molecular complexity index is 641. The number of ether oxygens (including phenoxy) is 2. The van der Waals surface area contributed by atoms with Crippen LogP contribution in [0.4, 0.5) is 0 Å². The Kier molecular flexibility index (Phi) is 5.83. The van der Waals surface area contributed by atoms with Crippen molar-refractivity contribution in [1.82, 2.24) is 5.32 Å². The van der Waals surface area contributed by atoms with Gasteiger partial charge in [-0.15, -0.1) is 0 Å². The Morgan fingerprint density at radius 1 is 1.09 bits per heavy atom. The standard InChI is InChI=1S/C17H18BrNO3/c1-21-14-6-3-12(4-7-14)9-10-19-17(20)13-5-8-16(22-2)15(18)11-13/h3-8,11H,9-10H2,1-2H3,(H,19,20). The molecule has 0 atom stereocenters. The van der Waals surface area contributed by atoms with Gasteiger partial charge in [-0.3, -0.25) is 4.79 Å². The molecule has 116 valence electrons. The van der Waals surface area contributed by atoms with Gasteiger partial charge < -0.3 is 14.8 Å². The van der Waals surface area contributed by atoms with Crippen LogP contribution in [0.3, 0.4) is 0 Å². The number of amides is 1. The third kappa shape index (κ3) is 4.24. The number of nitrogens with one attached hydrogen (secondary N) is 1. The van der Waals surface area contributed by atoms with E-state index in [4.69, 9.17) is 9.47 Å². The van der Waals surface area contributed by atoms with Crippen molar-refractivity contribution in [3.8, 4) is 11.5 Å². The summed E-state index contributed by atoms with van der Waals surface area (Å²) in [5.41, 5.74) is 1.75. The molecule has 0 aliphatic rings. The van der Waals surface area contributed by atoms with Crippen LogP contribution in [-0.4, -0.2) is 26.7 Å². The van der Waals surface area contributed by atoms with Crippen molar-refractivity contribution >= 4 is 21.8 Å². The van der Waals surface area contributed by atoms with Gasteiger partial charge in [0, 0.05) is 12.1 Å². The van der Waals surface area contributed by atoms with Crippen LogP contribution in [0.15, 0.2) is 46.9 Å². The third-order valence-electron chi connectivity index (χ3n) is 3.27. The second-order valence-electron chi connectivity index (χ2n) is 4.70. The molecule has 0 heterocycles. The quantitative estimate of drug-likeness (QED) is 0.854. The molecule has 0 aromatic heterocycles. The summed E-state index contributed by atoms with van der Waals surface area (Å²) < 4.78 is 11.0. The maximum Gasteiger partial charge on any atom is 0.251 e. The first-order valence-electron chi connectivity index (χ1n) is 6.88. The maximum atomic E-state index is 12.1. The first-order chi connectivity index (χ1) is 10.6. The van der Waals surface area contributed by atoms with Gasteiger partial charge in [0.05, 0.1) is 18.7 Å². The molecule has 2 aromatic carbocycles. The van der Waals surface area contributed by atoms with E-state index < -0.39 is 0 Å². The number of rotatable bonds is 6. The van der Waals surface area contributed by atoms with E-state index >= 15 is 0 Å². The molecule has 0 saturated carbocycles. The topological polar surface area (TPSA) is 47.6 Å². The summed E-state index contributed by atoms with van der Waals surface area (Å²) in [5.74, 6) is 1.43. The van der Waals surface area contributed by atoms with Crippen LogP contribution in [0.25, 0.3) is 0 Å². The lowest BCUT2D eigenvalue weighted by atomic mass is 10.1. The maximum absolute atomic E-state index is 12.1.